The molecule has 0 aliphatic heterocycles. The molecule has 0 aliphatic rings. The van der Waals surface area contributed by atoms with Crippen molar-refractivity contribution in [2.24, 2.45) is 10.4 Å². The molecule has 5 nitrogen and oxygen atoms in total. The standard InChI is InChI=1S/C15H28N4O/c1-6-16-14(17-10-13-8-7-9-20-13)18-11-15(2,3)12-19(4)5/h7-9H,6,10-12H2,1-5H3,(H2,16,17,18). The van der Waals surface area contributed by atoms with Gasteiger partial charge in [-0.3, -0.25) is 0 Å². The Kier molecular flexibility index (Phi) is 6.58. The molecule has 1 aromatic heterocycles. The van der Waals surface area contributed by atoms with Crippen LogP contribution in [-0.4, -0.2) is 44.6 Å². The molecule has 0 spiro atoms. The molecule has 0 saturated carbocycles. The number of nitrogens with zero attached hydrogens (tertiary/aromatic N) is 2. The van der Waals surface area contributed by atoms with E-state index in [0.29, 0.717) is 6.54 Å². The predicted molar refractivity (Wildman–Crippen MR) is 83.9 cm³/mol. The van der Waals surface area contributed by atoms with Crippen LogP contribution < -0.4 is 10.6 Å². The summed E-state index contributed by atoms with van der Waals surface area (Å²) in [5, 5.41) is 6.65. The summed E-state index contributed by atoms with van der Waals surface area (Å²) in [5.74, 6) is 1.70. The lowest BCUT2D eigenvalue weighted by atomic mass is 9.93. The van der Waals surface area contributed by atoms with Crippen LogP contribution in [0.15, 0.2) is 27.8 Å². The second-order valence-corrected chi connectivity index (χ2v) is 6.03. The Morgan fingerprint density at radius 2 is 2.10 bits per heavy atom. The number of furan rings is 1. The van der Waals surface area contributed by atoms with Gasteiger partial charge in [-0.05, 0) is 38.6 Å². The second-order valence-electron chi connectivity index (χ2n) is 6.03. The fraction of sp³-hybridized carbons (Fsp3) is 0.667. The molecular weight excluding hydrogens is 252 g/mol. The van der Waals surface area contributed by atoms with E-state index in [1.165, 1.54) is 0 Å². The minimum atomic E-state index is 0.185. The first-order chi connectivity index (χ1) is 9.43. The summed E-state index contributed by atoms with van der Waals surface area (Å²) >= 11 is 0. The van der Waals surface area contributed by atoms with Gasteiger partial charge in [-0.15, -0.1) is 0 Å². The number of hydrogen-bond acceptors (Lipinski definition) is 3. The lowest BCUT2D eigenvalue weighted by Crippen LogP contribution is -2.44. The molecule has 0 amide bonds. The second kappa shape index (κ2) is 7.94. The third-order valence-electron chi connectivity index (χ3n) is 2.80. The molecule has 1 rings (SSSR count). The third-order valence-corrected chi connectivity index (χ3v) is 2.80. The van der Waals surface area contributed by atoms with Gasteiger partial charge in [0.1, 0.15) is 12.3 Å². The molecule has 0 unspecified atom stereocenters. The van der Waals surface area contributed by atoms with E-state index in [1.54, 1.807) is 6.26 Å². The fourth-order valence-corrected chi connectivity index (χ4v) is 2.14. The monoisotopic (exact) mass is 280 g/mol. The van der Waals surface area contributed by atoms with Crippen molar-refractivity contribution in [3.8, 4) is 0 Å². The minimum Gasteiger partial charge on any atom is -0.467 e. The van der Waals surface area contributed by atoms with Crippen molar-refractivity contribution in [3.05, 3.63) is 24.2 Å². The first-order valence-electron chi connectivity index (χ1n) is 7.12. The van der Waals surface area contributed by atoms with Gasteiger partial charge in [0.05, 0.1) is 6.26 Å². The third kappa shape index (κ3) is 6.61. The smallest absolute Gasteiger partial charge is 0.191 e. The molecule has 0 aliphatic carbocycles. The summed E-state index contributed by atoms with van der Waals surface area (Å²) < 4.78 is 5.29. The van der Waals surface area contributed by atoms with E-state index < -0.39 is 0 Å². The first-order valence-corrected chi connectivity index (χ1v) is 7.12. The van der Waals surface area contributed by atoms with Crippen LogP contribution in [0.2, 0.25) is 0 Å². The van der Waals surface area contributed by atoms with Gasteiger partial charge in [0.15, 0.2) is 5.96 Å². The number of guanidine groups is 1. The van der Waals surface area contributed by atoms with E-state index in [9.17, 15) is 0 Å². The van der Waals surface area contributed by atoms with Crippen LogP contribution in [0, 0.1) is 5.41 Å². The number of hydrogen-bond donors (Lipinski definition) is 2. The van der Waals surface area contributed by atoms with Crippen LogP contribution in [0.5, 0.6) is 0 Å². The molecule has 2 N–H and O–H groups in total. The summed E-state index contributed by atoms with van der Waals surface area (Å²) in [6.45, 7) is 9.85. The number of nitrogens with one attached hydrogen (secondary N) is 2. The zero-order valence-electron chi connectivity index (χ0n) is 13.4. The van der Waals surface area contributed by atoms with Gasteiger partial charge in [0, 0.05) is 19.6 Å². The minimum absolute atomic E-state index is 0.185. The normalized spacial score (nSPS) is 12.8. The van der Waals surface area contributed by atoms with Gasteiger partial charge in [0.25, 0.3) is 0 Å². The Hall–Kier alpha value is -1.49. The number of aliphatic imine (C=N–C) groups is 1. The van der Waals surface area contributed by atoms with Crippen LogP contribution in [0.25, 0.3) is 0 Å². The first kappa shape index (κ1) is 16.6. The molecule has 1 aromatic rings. The van der Waals surface area contributed by atoms with Crippen LogP contribution in [0.1, 0.15) is 26.5 Å². The van der Waals surface area contributed by atoms with Gasteiger partial charge in [-0.1, -0.05) is 13.8 Å². The molecule has 0 atom stereocenters. The van der Waals surface area contributed by atoms with Crippen molar-refractivity contribution in [2.75, 3.05) is 33.7 Å². The molecule has 0 bridgehead atoms. The fourth-order valence-electron chi connectivity index (χ4n) is 2.14. The Balaban J connectivity index is 2.52. The molecule has 0 fully saturated rings. The molecule has 1 heterocycles. The van der Waals surface area contributed by atoms with E-state index in [4.69, 9.17) is 4.42 Å². The highest BCUT2D eigenvalue weighted by Gasteiger charge is 2.19. The van der Waals surface area contributed by atoms with E-state index in [-0.39, 0.29) is 5.41 Å². The van der Waals surface area contributed by atoms with Crippen LogP contribution >= 0.6 is 0 Å². The lowest BCUT2D eigenvalue weighted by molar-refractivity contribution is 0.241. The van der Waals surface area contributed by atoms with Crippen molar-refractivity contribution in [1.29, 1.82) is 0 Å². The Morgan fingerprint density at radius 3 is 2.65 bits per heavy atom. The highest BCUT2D eigenvalue weighted by molar-refractivity contribution is 5.79. The lowest BCUT2D eigenvalue weighted by Gasteiger charge is -2.29. The molecule has 114 valence electrons. The average Bonchev–Trinajstić information content (AvgIpc) is 2.84. The van der Waals surface area contributed by atoms with Crippen molar-refractivity contribution in [2.45, 2.75) is 27.3 Å². The summed E-state index contributed by atoms with van der Waals surface area (Å²) in [5.41, 5.74) is 0.185. The largest absolute Gasteiger partial charge is 0.467 e. The average molecular weight is 280 g/mol. The van der Waals surface area contributed by atoms with Crippen molar-refractivity contribution in [3.63, 3.8) is 0 Å². The summed E-state index contributed by atoms with van der Waals surface area (Å²) in [4.78, 5) is 6.73. The summed E-state index contributed by atoms with van der Waals surface area (Å²) in [6, 6.07) is 3.81. The van der Waals surface area contributed by atoms with Crippen LogP contribution in [0.3, 0.4) is 0 Å². The van der Waals surface area contributed by atoms with Gasteiger partial charge in [0.2, 0.25) is 0 Å². The van der Waals surface area contributed by atoms with E-state index in [2.05, 4.69) is 55.4 Å². The van der Waals surface area contributed by atoms with Gasteiger partial charge < -0.3 is 20.0 Å². The number of rotatable bonds is 7. The predicted octanol–water partition coefficient (Wildman–Crippen LogP) is 1.92. The Bertz CT molecular complexity index is 396. The van der Waals surface area contributed by atoms with Crippen molar-refractivity contribution in [1.82, 2.24) is 15.5 Å². The Labute approximate surface area is 122 Å². The van der Waals surface area contributed by atoms with Crippen molar-refractivity contribution >= 4 is 5.96 Å². The van der Waals surface area contributed by atoms with E-state index in [1.807, 2.05) is 12.1 Å². The Morgan fingerprint density at radius 1 is 1.35 bits per heavy atom. The van der Waals surface area contributed by atoms with Gasteiger partial charge in [-0.2, -0.15) is 0 Å². The quantitative estimate of drug-likeness (QED) is 0.592. The molecule has 0 saturated heterocycles. The van der Waals surface area contributed by atoms with E-state index in [0.717, 1.165) is 31.4 Å². The molecule has 20 heavy (non-hydrogen) atoms. The maximum Gasteiger partial charge on any atom is 0.191 e. The SMILES string of the molecule is CCNC(=NCc1ccco1)NCC(C)(C)CN(C)C. The van der Waals surface area contributed by atoms with Crippen molar-refractivity contribution < 1.29 is 4.42 Å². The highest BCUT2D eigenvalue weighted by Crippen LogP contribution is 2.14. The van der Waals surface area contributed by atoms with Gasteiger partial charge in [-0.25, -0.2) is 4.99 Å². The molecule has 5 heteroatoms. The zero-order chi connectivity index (χ0) is 15.0. The molecule has 0 radical (unpaired) electrons. The zero-order valence-corrected chi connectivity index (χ0v) is 13.4. The maximum atomic E-state index is 5.29. The van der Waals surface area contributed by atoms with Gasteiger partial charge >= 0.3 is 0 Å². The van der Waals surface area contributed by atoms with E-state index >= 15 is 0 Å². The summed E-state index contributed by atoms with van der Waals surface area (Å²) in [7, 11) is 4.19. The van der Waals surface area contributed by atoms with Crippen LogP contribution in [-0.2, 0) is 6.54 Å². The van der Waals surface area contributed by atoms with Crippen LogP contribution in [0.4, 0.5) is 0 Å². The summed E-state index contributed by atoms with van der Waals surface area (Å²) in [6.07, 6.45) is 1.67. The molecule has 0 aromatic carbocycles. The highest BCUT2D eigenvalue weighted by atomic mass is 16.3. The topological polar surface area (TPSA) is 52.8 Å². The maximum absolute atomic E-state index is 5.29. The molecular formula is C15H28N4O.